The van der Waals surface area contributed by atoms with E-state index < -0.39 is 11.6 Å². The minimum absolute atomic E-state index is 0.00931. The van der Waals surface area contributed by atoms with E-state index in [9.17, 15) is 15.2 Å². The van der Waals surface area contributed by atoms with Crippen LogP contribution in [0.5, 0.6) is 5.75 Å². The molecule has 1 heterocycles. The maximum absolute atomic E-state index is 14.2. The van der Waals surface area contributed by atoms with Crippen molar-refractivity contribution in [3.63, 3.8) is 0 Å². The monoisotopic (exact) mass is 518 g/mol. The molecule has 0 aliphatic heterocycles. The van der Waals surface area contributed by atoms with Crippen LogP contribution in [0, 0.1) is 11.3 Å². The molecule has 0 radical (unpaired) electrons. The van der Waals surface area contributed by atoms with Crippen LogP contribution in [-0.2, 0) is 16.9 Å². The number of rotatable bonds is 9. The Labute approximate surface area is 227 Å². The summed E-state index contributed by atoms with van der Waals surface area (Å²) in [7, 11) is 0. The van der Waals surface area contributed by atoms with Gasteiger partial charge in [-0.1, -0.05) is 72.8 Å². The second-order valence-corrected chi connectivity index (χ2v) is 9.85. The van der Waals surface area contributed by atoms with Gasteiger partial charge in [0.25, 0.3) is 0 Å². The Hall–Kier alpha value is -4.64. The highest BCUT2D eigenvalue weighted by Crippen LogP contribution is 2.30. The molecule has 39 heavy (non-hydrogen) atoms. The van der Waals surface area contributed by atoms with Gasteiger partial charge in [0, 0.05) is 23.6 Å². The second kappa shape index (κ2) is 11.0. The van der Waals surface area contributed by atoms with Crippen molar-refractivity contribution in [2.24, 2.45) is 5.73 Å². The van der Waals surface area contributed by atoms with Crippen molar-refractivity contribution < 1.29 is 14.6 Å². The molecule has 1 amide bonds. The molecule has 4 N–H and O–H groups in total. The van der Waals surface area contributed by atoms with Gasteiger partial charge in [0.15, 0.2) is 0 Å². The molecule has 5 aromatic rings. The van der Waals surface area contributed by atoms with Crippen molar-refractivity contribution in [2.45, 2.75) is 25.1 Å². The van der Waals surface area contributed by atoms with Crippen molar-refractivity contribution in [3.05, 3.63) is 114 Å². The van der Waals surface area contributed by atoms with E-state index in [1.807, 2.05) is 72.9 Å². The number of amides is 1. The van der Waals surface area contributed by atoms with Crippen molar-refractivity contribution in [3.8, 4) is 11.8 Å². The van der Waals surface area contributed by atoms with Crippen LogP contribution < -0.4 is 10.5 Å². The minimum Gasteiger partial charge on any atom is -0.489 e. The Morgan fingerprint density at radius 2 is 1.72 bits per heavy atom. The lowest BCUT2D eigenvalue weighted by molar-refractivity contribution is -0.139. The summed E-state index contributed by atoms with van der Waals surface area (Å²) in [5, 5.41) is 23.2. The zero-order chi connectivity index (χ0) is 27.4. The summed E-state index contributed by atoms with van der Waals surface area (Å²) in [6, 6.07) is 30.4. The molecule has 2 atom stereocenters. The van der Waals surface area contributed by atoms with E-state index in [-0.39, 0.29) is 25.6 Å². The van der Waals surface area contributed by atoms with E-state index >= 15 is 0 Å². The number of carbonyl (C=O) groups is 1. The number of nitrogens with two attached hydrogens (primary N) is 1. The van der Waals surface area contributed by atoms with Gasteiger partial charge in [-0.2, -0.15) is 5.26 Å². The lowest BCUT2D eigenvalue weighted by atomic mass is 9.87. The third-order valence-electron chi connectivity index (χ3n) is 6.99. The summed E-state index contributed by atoms with van der Waals surface area (Å²) >= 11 is 0. The summed E-state index contributed by atoms with van der Waals surface area (Å²) in [6.07, 6.45) is 0.859. The number of para-hydroxylation sites is 2. The summed E-state index contributed by atoms with van der Waals surface area (Å²) in [6.45, 7) is 1.86. The number of aliphatic hydroxyl groups is 1. The van der Waals surface area contributed by atoms with Crippen molar-refractivity contribution in [1.29, 1.82) is 5.26 Å². The molecule has 0 spiro atoms. The molecule has 0 aliphatic rings. The van der Waals surface area contributed by atoms with Crippen molar-refractivity contribution in [1.82, 2.24) is 9.88 Å². The van der Waals surface area contributed by atoms with Gasteiger partial charge in [-0.3, -0.25) is 4.79 Å². The highest BCUT2D eigenvalue weighted by atomic mass is 16.5. The normalized spacial score (nSPS) is 13.5. The van der Waals surface area contributed by atoms with Gasteiger partial charge in [0.1, 0.15) is 30.1 Å². The van der Waals surface area contributed by atoms with E-state index in [0.29, 0.717) is 16.9 Å². The molecule has 5 rings (SSSR count). The van der Waals surface area contributed by atoms with Crippen LogP contribution in [0.2, 0.25) is 0 Å². The van der Waals surface area contributed by atoms with Gasteiger partial charge >= 0.3 is 0 Å². The maximum Gasteiger partial charge on any atom is 0.247 e. The fourth-order valence-corrected chi connectivity index (χ4v) is 4.99. The lowest BCUT2D eigenvalue weighted by Crippen LogP contribution is -2.52. The molecule has 7 heteroatoms. The van der Waals surface area contributed by atoms with Gasteiger partial charge in [0.05, 0.1) is 12.1 Å². The van der Waals surface area contributed by atoms with Crippen LogP contribution in [-0.4, -0.2) is 40.2 Å². The first kappa shape index (κ1) is 26.0. The van der Waals surface area contributed by atoms with Gasteiger partial charge in [-0.15, -0.1) is 0 Å². The summed E-state index contributed by atoms with van der Waals surface area (Å²) in [4.78, 5) is 19.0. The van der Waals surface area contributed by atoms with Crippen LogP contribution in [0.15, 0.2) is 97.2 Å². The van der Waals surface area contributed by atoms with E-state index in [2.05, 4.69) is 11.1 Å². The number of fused-ring (bicyclic) bond motifs is 2. The SMILES string of the molecule is CC(N)(C(=O)N(Cc1c[nH]c2ccccc12)CC(O)COc1ccccc1C#N)c1cccc2ccccc12. The quantitative estimate of drug-likeness (QED) is 0.258. The van der Waals surface area contributed by atoms with E-state index in [1.54, 1.807) is 36.1 Å². The van der Waals surface area contributed by atoms with Gasteiger partial charge in [-0.05, 0) is 47.0 Å². The number of aromatic amines is 1. The summed E-state index contributed by atoms with van der Waals surface area (Å²) < 4.78 is 5.76. The molecule has 0 saturated heterocycles. The Morgan fingerprint density at radius 1 is 1.03 bits per heavy atom. The zero-order valence-corrected chi connectivity index (χ0v) is 21.7. The first-order valence-electron chi connectivity index (χ1n) is 12.8. The van der Waals surface area contributed by atoms with E-state index in [1.165, 1.54) is 0 Å². The maximum atomic E-state index is 14.2. The van der Waals surface area contributed by atoms with E-state index in [4.69, 9.17) is 10.5 Å². The van der Waals surface area contributed by atoms with Crippen molar-refractivity contribution in [2.75, 3.05) is 13.2 Å². The highest BCUT2D eigenvalue weighted by Gasteiger charge is 2.36. The molecule has 0 bridgehead atoms. The van der Waals surface area contributed by atoms with Crippen molar-refractivity contribution >= 4 is 27.6 Å². The number of carbonyl (C=O) groups excluding carboxylic acids is 1. The number of nitriles is 1. The average Bonchev–Trinajstić information content (AvgIpc) is 3.37. The number of aromatic nitrogens is 1. The highest BCUT2D eigenvalue weighted by molar-refractivity contribution is 5.95. The second-order valence-electron chi connectivity index (χ2n) is 9.85. The largest absolute Gasteiger partial charge is 0.489 e. The predicted molar refractivity (Wildman–Crippen MR) is 152 cm³/mol. The number of hydrogen-bond donors (Lipinski definition) is 3. The summed E-state index contributed by atoms with van der Waals surface area (Å²) in [5.74, 6) is 0.0635. The van der Waals surface area contributed by atoms with Crippen LogP contribution in [0.4, 0.5) is 0 Å². The number of nitrogens with one attached hydrogen (secondary N) is 1. The van der Waals surface area contributed by atoms with Crippen LogP contribution in [0.1, 0.15) is 23.6 Å². The summed E-state index contributed by atoms with van der Waals surface area (Å²) in [5.41, 5.74) is 8.42. The van der Waals surface area contributed by atoms with Gasteiger partial charge < -0.3 is 25.5 Å². The molecule has 2 unspecified atom stereocenters. The number of nitrogens with zero attached hydrogens (tertiary/aromatic N) is 2. The standard InChI is InChI=1S/C32H30N4O3/c1-32(34,28-14-8-11-22-9-2-4-12-26(22)28)31(38)36(19-24-18-35-29-15-6-5-13-27(24)29)20-25(37)21-39-30-16-7-3-10-23(30)17-33/h2-16,18,25,35,37H,19-21,34H2,1H3. The number of benzene rings is 4. The number of aliphatic hydroxyl groups excluding tert-OH is 1. The minimum atomic E-state index is -1.36. The molecule has 4 aromatic carbocycles. The number of ether oxygens (including phenoxy) is 1. The molecule has 0 aliphatic carbocycles. The lowest BCUT2D eigenvalue weighted by Gasteiger charge is -2.34. The average molecular weight is 519 g/mol. The molecule has 0 saturated carbocycles. The molecule has 0 fully saturated rings. The Bertz CT molecular complexity index is 1660. The smallest absolute Gasteiger partial charge is 0.247 e. The molecular formula is C32H30N4O3. The fraction of sp³-hybridized carbons (Fsp3) is 0.188. The molecule has 7 nitrogen and oxygen atoms in total. The van der Waals surface area contributed by atoms with E-state index in [0.717, 1.165) is 27.2 Å². The Balaban J connectivity index is 1.44. The zero-order valence-electron chi connectivity index (χ0n) is 21.7. The topological polar surface area (TPSA) is 115 Å². The van der Waals surface area contributed by atoms with Crippen LogP contribution in [0.3, 0.4) is 0 Å². The van der Waals surface area contributed by atoms with Gasteiger partial charge in [0.2, 0.25) is 5.91 Å². The molecule has 196 valence electrons. The Morgan fingerprint density at radius 3 is 2.54 bits per heavy atom. The molecular weight excluding hydrogens is 488 g/mol. The first-order chi connectivity index (χ1) is 18.9. The van der Waals surface area contributed by atoms with Crippen LogP contribution in [0.25, 0.3) is 21.7 Å². The third-order valence-corrected chi connectivity index (χ3v) is 6.99. The fourth-order valence-electron chi connectivity index (χ4n) is 4.99. The predicted octanol–water partition coefficient (Wildman–Crippen LogP) is 4.84. The molecule has 1 aromatic heterocycles. The third kappa shape index (κ3) is 5.34. The number of H-pyrrole nitrogens is 1. The van der Waals surface area contributed by atoms with Gasteiger partial charge in [-0.25, -0.2) is 0 Å². The number of hydrogen-bond acceptors (Lipinski definition) is 5. The Kier molecular flexibility index (Phi) is 7.33. The first-order valence-corrected chi connectivity index (χ1v) is 12.8. The van der Waals surface area contributed by atoms with Crippen LogP contribution >= 0.6 is 0 Å².